The van der Waals surface area contributed by atoms with Gasteiger partial charge >= 0.3 is 12.0 Å². The van der Waals surface area contributed by atoms with Crippen LogP contribution < -0.4 is 0 Å². The summed E-state index contributed by atoms with van der Waals surface area (Å²) in [6, 6.07) is 2.34. The van der Waals surface area contributed by atoms with Crippen molar-refractivity contribution in [3.8, 4) is 0 Å². The van der Waals surface area contributed by atoms with Crippen molar-refractivity contribution < 1.29 is 14.7 Å². The molecule has 1 fully saturated rings. The van der Waals surface area contributed by atoms with Crippen molar-refractivity contribution in [2.45, 2.75) is 38.3 Å². The molecule has 2 aliphatic rings. The number of amides is 2. The molecule has 0 unspecified atom stereocenters. The maximum atomic E-state index is 12.6. The molecule has 0 radical (unpaired) electrons. The van der Waals surface area contributed by atoms with E-state index in [0.29, 0.717) is 13.1 Å². The van der Waals surface area contributed by atoms with Crippen molar-refractivity contribution in [3.05, 3.63) is 21.9 Å². The van der Waals surface area contributed by atoms with E-state index in [1.807, 2.05) is 4.90 Å². The molecule has 20 heavy (non-hydrogen) atoms. The predicted molar refractivity (Wildman–Crippen MR) is 75.8 cm³/mol. The lowest BCUT2D eigenvalue weighted by molar-refractivity contribution is -0.137. The molecular weight excluding hydrogens is 276 g/mol. The van der Waals surface area contributed by atoms with Crippen molar-refractivity contribution >= 4 is 23.3 Å². The van der Waals surface area contributed by atoms with Crippen LogP contribution in [-0.4, -0.2) is 46.0 Å². The molecule has 0 spiro atoms. The van der Waals surface area contributed by atoms with Gasteiger partial charge in [0.15, 0.2) is 0 Å². The Hall–Kier alpha value is -1.56. The highest BCUT2D eigenvalue weighted by molar-refractivity contribution is 7.10. The van der Waals surface area contributed by atoms with Gasteiger partial charge < -0.3 is 14.9 Å². The maximum Gasteiger partial charge on any atom is 0.320 e. The Balaban J connectivity index is 1.66. The summed E-state index contributed by atoms with van der Waals surface area (Å²) in [5.74, 6) is -0.845. The quantitative estimate of drug-likeness (QED) is 0.925. The first-order valence-corrected chi connectivity index (χ1v) is 7.85. The minimum absolute atomic E-state index is 0.00519. The van der Waals surface area contributed by atoms with Gasteiger partial charge in [-0.25, -0.2) is 4.79 Å². The number of hydrogen-bond donors (Lipinski definition) is 1. The van der Waals surface area contributed by atoms with Crippen molar-refractivity contribution in [1.29, 1.82) is 0 Å². The standard InChI is InChI=1S/C14H18N2O3S/c17-13(18)4-7-16(11-1-2-11)14(19)15-6-3-12-10(9-15)5-8-20-12/h5,8,11H,1-4,6-7,9H2,(H,17,18). The largest absolute Gasteiger partial charge is 0.481 e. The molecule has 5 nitrogen and oxygen atoms in total. The summed E-state index contributed by atoms with van der Waals surface area (Å²) >= 11 is 1.75. The average molecular weight is 294 g/mol. The van der Waals surface area contributed by atoms with Crippen LogP contribution in [0.1, 0.15) is 29.7 Å². The fourth-order valence-corrected chi connectivity index (χ4v) is 3.52. The zero-order valence-electron chi connectivity index (χ0n) is 11.2. The highest BCUT2D eigenvalue weighted by Crippen LogP contribution is 2.30. The first-order chi connectivity index (χ1) is 9.65. The number of carboxylic acid groups (broad SMARTS) is 1. The number of hydrogen-bond acceptors (Lipinski definition) is 3. The number of aliphatic carboxylic acids is 1. The van der Waals surface area contributed by atoms with Gasteiger partial charge in [-0.3, -0.25) is 4.79 Å². The molecule has 2 amide bonds. The summed E-state index contributed by atoms with van der Waals surface area (Å²) in [5, 5.41) is 10.9. The molecule has 1 aliphatic carbocycles. The van der Waals surface area contributed by atoms with Crippen molar-refractivity contribution in [3.63, 3.8) is 0 Å². The molecular formula is C14H18N2O3S. The van der Waals surface area contributed by atoms with E-state index in [-0.39, 0.29) is 18.5 Å². The monoisotopic (exact) mass is 294 g/mol. The van der Waals surface area contributed by atoms with Crippen LogP contribution in [0.3, 0.4) is 0 Å². The van der Waals surface area contributed by atoms with E-state index in [1.54, 1.807) is 16.2 Å². The Labute approximate surface area is 121 Å². The second-order valence-corrected chi connectivity index (χ2v) is 6.39. The normalized spacial score (nSPS) is 17.7. The summed E-state index contributed by atoms with van der Waals surface area (Å²) in [7, 11) is 0. The molecule has 2 heterocycles. The third-order valence-electron chi connectivity index (χ3n) is 3.88. The molecule has 0 aromatic carbocycles. The highest BCUT2D eigenvalue weighted by atomic mass is 32.1. The molecule has 1 N–H and O–H groups in total. The fourth-order valence-electron chi connectivity index (χ4n) is 2.63. The van der Waals surface area contributed by atoms with Gasteiger partial charge in [-0.15, -0.1) is 11.3 Å². The molecule has 1 aliphatic heterocycles. The number of carbonyl (C=O) groups excluding carboxylic acids is 1. The summed E-state index contributed by atoms with van der Waals surface area (Å²) in [5.41, 5.74) is 1.24. The molecule has 0 atom stereocenters. The highest BCUT2D eigenvalue weighted by Gasteiger charge is 2.35. The number of carbonyl (C=O) groups is 2. The summed E-state index contributed by atoms with van der Waals surface area (Å²) in [4.78, 5) is 28.3. The van der Waals surface area contributed by atoms with Crippen LogP contribution in [0, 0.1) is 0 Å². The molecule has 3 rings (SSSR count). The number of carboxylic acids is 1. The number of thiophene rings is 1. The minimum Gasteiger partial charge on any atom is -0.481 e. The minimum atomic E-state index is -0.845. The Morgan fingerprint density at radius 1 is 1.45 bits per heavy atom. The van der Waals surface area contributed by atoms with Gasteiger partial charge in [0.2, 0.25) is 0 Å². The molecule has 1 saturated carbocycles. The van der Waals surface area contributed by atoms with Crippen LogP contribution >= 0.6 is 11.3 Å². The van der Waals surface area contributed by atoms with Crippen molar-refractivity contribution in [1.82, 2.24) is 9.80 Å². The number of nitrogens with zero attached hydrogens (tertiary/aromatic N) is 2. The van der Waals surface area contributed by atoms with E-state index in [2.05, 4.69) is 11.4 Å². The Morgan fingerprint density at radius 2 is 2.25 bits per heavy atom. The molecule has 1 aromatic rings. The zero-order chi connectivity index (χ0) is 14.1. The Bertz CT molecular complexity index is 524. The second kappa shape index (κ2) is 5.44. The summed E-state index contributed by atoms with van der Waals surface area (Å²) in [6.45, 7) is 1.72. The van der Waals surface area contributed by atoms with Crippen LogP contribution in [0.5, 0.6) is 0 Å². The van der Waals surface area contributed by atoms with Gasteiger partial charge in [0.1, 0.15) is 0 Å². The third-order valence-corrected chi connectivity index (χ3v) is 4.90. The van der Waals surface area contributed by atoms with E-state index in [4.69, 9.17) is 5.11 Å². The van der Waals surface area contributed by atoms with Crippen LogP contribution in [0.25, 0.3) is 0 Å². The van der Waals surface area contributed by atoms with Gasteiger partial charge in [0.25, 0.3) is 0 Å². The van der Waals surface area contributed by atoms with Crippen molar-refractivity contribution in [2.24, 2.45) is 0 Å². The SMILES string of the molecule is O=C(O)CCN(C(=O)N1CCc2sccc2C1)C1CC1. The van der Waals surface area contributed by atoms with Crippen LogP contribution in [0.15, 0.2) is 11.4 Å². The predicted octanol–water partition coefficient (Wildman–Crippen LogP) is 2.17. The zero-order valence-corrected chi connectivity index (χ0v) is 12.1. The lowest BCUT2D eigenvalue weighted by Gasteiger charge is -2.33. The van der Waals surface area contributed by atoms with E-state index >= 15 is 0 Å². The van der Waals surface area contributed by atoms with E-state index in [9.17, 15) is 9.59 Å². The molecule has 6 heteroatoms. The average Bonchev–Trinajstić information content (AvgIpc) is 3.15. The van der Waals surface area contributed by atoms with Gasteiger partial charge in [-0.05, 0) is 36.3 Å². The molecule has 108 valence electrons. The van der Waals surface area contributed by atoms with Gasteiger partial charge in [0, 0.05) is 30.6 Å². The van der Waals surface area contributed by atoms with E-state index < -0.39 is 5.97 Å². The number of rotatable bonds is 4. The number of fused-ring (bicyclic) bond motifs is 1. The van der Waals surface area contributed by atoms with Crippen LogP contribution in [0.2, 0.25) is 0 Å². The van der Waals surface area contributed by atoms with E-state index in [1.165, 1.54) is 10.4 Å². The van der Waals surface area contributed by atoms with Gasteiger partial charge in [-0.1, -0.05) is 0 Å². The molecule has 0 bridgehead atoms. The van der Waals surface area contributed by atoms with E-state index in [0.717, 1.165) is 25.8 Å². The first-order valence-electron chi connectivity index (χ1n) is 6.97. The van der Waals surface area contributed by atoms with Gasteiger partial charge in [0.05, 0.1) is 6.42 Å². The van der Waals surface area contributed by atoms with Crippen molar-refractivity contribution in [2.75, 3.05) is 13.1 Å². The van der Waals surface area contributed by atoms with Gasteiger partial charge in [-0.2, -0.15) is 0 Å². The maximum absolute atomic E-state index is 12.6. The summed E-state index contributed by atoms with van der Waals surface area (Å²) in [6.07, 6.45) is 2.95. The third kappa shape index (κ3) is 2.80. The second-order valence-electron chi connectivity index (χ2n) is 5.39. The lowest BCUT2D eigenvalue weighted by Crippen LogP contribution is -2.46. The number of urea groups is 1. The molecule has 0 saturated heterocycles. The first kappa shape index (κ1) is 13.4. The fraction of sp³-hybridized carbons (Fsp3) is 0.571. The lowest BCUT2D eigenvalue weighted by atomic mass is 10.1. The Kier molecular flexibility index (Phi) is 3.65. The Morgan fingerprint density at radius 3 is 2.95 bits per heavy atom. The topological polar surface area (TPSA) is 60.9 Å². The van der Waals surface area contributed by atoms with Crippen LogP contribution in [-0.2, 0) is 17.8 Å². The smallest absolute Gasteiger partial charge is 0.320 e. The van der Waals surface area contributed by atoms with Crippen LogP contribution in [0.4, 0.5) is 4.79 Å². The summed E-state index contributed by atoms with van der Waals surface area (Å²) < 4.78 is 0. The molecule has 1 aromatic heterocycles.